The highest BCUT2D eigenvalue weighted by Crippen LogP contribution is 2.24. The molecule has 19 heavy (non-hydrogen) atoms. The summed E-state index contributed by atoms with van der Waals surface area (Å²) < 4.78 is 13.2. The Hall–Kier alpha value is -2.42. The Kier molecular flexibility index (Phi) is 3.76. The summed E-state index contributed by atoms with van der Waals surface area (Å²) in [4.78, 5) is 12.0. The van der Waals surface area contributed by atoms with Gasteiger partial charge in [0.05, 0.1) is 0 Å². The van der Waals surface area contributed by atoms with E-state index in [0.717, 1.165) is 0 Å². The average Bonchev–Trinajstić information content (AvgIpc) is 2.41. The number of amides is 1. The van der Waals surface area contributed by atoms with Gasteiger partial charge in [-0.05, 0) is 42.8 Å². The Bertz CT molecular complexity index is 620. The number of carbonyl (C=O) groups excluding carboxylic acids is 1. The van der Waals surface area contributed by atoms with E-state index in [9.17, 15) is 9.18 Å². The van der Waals surface area contributed by atoms with Crippen LogP contribution >= 0.6 is 0 Å². The van der Waals surface area contributed by atoms with Crippen LogP contribution in [0.3, 0.4) is 0 Å². The third kappa shape index (κ3) is 3.07. The van der Waals surface area contributed by atoms with Gasteiger partial charge in [-0.3, -0.25) is 4.79 Å². The van der Waals surface area contributed by atoms with Crippen molar-refractivity contribution < 1.29 is 9.18 Å². The van der Waals surface area contributed by atoms with Crippen molar-refractivity contribution in [2.24, 2.45) is 0 Å². The molecule has 0 heterocycles. The summed E-state index contributed by atoms with van der Waals surface area (Å²) in [6.07, 6.45) is 0. The standard InChI is InChI=1S/C16H14FNO/c1-11(2)14-10-13(17)8-9-15(14)18-16(19)12-6-4-3-5-7-12/h3-10H,1H2,2H3,(H,18,19). The number of anilines is 1. The second kappa shape index (κ2) is 5.48. The lowest BCUT2D eigenvalue weighted by Crippen LogP contribution is -2.13. The maximum absolute atomic E-state index is 13.2. The van der Waals surface area contributed by atoms with E-state index < -0.39 is 0 Å². The highest BCUT2D eigenvalue weighted by molar-refractivity contribution is 6.05. The van der Waals surface area contributed by atoms with Crippen LogP contribution in [0.2, 0.25) is 0 Å². The van der Waals surface area contributed by atoms with Crippen molar-refractivity contribution in [2.75, 3.05) is 5.32 Å². The molecule has 0 radical (unpaired) electrons. The second-order valence-corrected chi connectivity index (χ2v) is 4.29. The summed E-state index contributed by atoms with van der Waals surface area (Å²) in [7, 11) is 0. The first-order valence-electron chi connectivity index (χ1n) is 5.90. The molecule has 0 spiro atoms. The van der Waals surface area contributed by atoms with Gasteiger partial charge in [0.25, 0.3) is 5.91 Å². The zero-order valence-corrected chi connectivity index (χ0v) is 10.6. The third-order valence-electron chi connectivity index (χ3n) is 2.73. The fourth-order valence-corrected chi connectivity index (χ4v) is 1.76. The minimum atomic E-state index is -0.351. The summed E-state index contributed by atoms with van der Waals surface area (Å²) in [5.41, 5.74) is 2.41. The molecule has 1 amide bonds. The molecule has 0 aliphatic carbocycles. The summed E-state index contributed by atoms with van der Waals surface area (Å²) in [5, 5.41) is 2.77. The summed E-state index contributed by atoms with van der Waals surface area (Å²) >= 11 is 0. The predicted octanol–water partition coefficient (Wildman–Crippen LogP) is 4.11. The van der Waals surface area contributed by atoms with Crippen LogP contribution in [-0.4, -0.2) is 5.91 Å². The molecule has 0 unspecified atom stereocenters. The minimum Gasteiger partial charge on any atom is -0.321 e. The largest absolute Gasteiger partial charge is 0.321 e. The van der Waals surface area contributed by atoms with Crippen LogP contribution in [0.25, 0.3) is 5.57 Å². The van der Waals surface area contributed by atoms with E-state index >= 15 is 0 Å². The average molecular weight is 255 g/mol. The van der Waals surface area contributed by atoms with Crippen LogP contribution in [0.15, 0.2) is 55.1 Å². The first kappa shape index (κ1) is 13.0. The molecule has 2 rings (SSSR count). The number of hydrogen-bond acceptors (Lipinski definition) is 1. The number of carbonyl (C=O) groups is 1. The van der Waals surface area contributed by atoms with Gasteiger partial charge in [0.2, 0.25) is 0 Å². The van der Waals surface area contributed by atoms with E-state index in [1.54, 1.807) is 37.3 Å². The van der Waals surface area contributed by atoms with Crippen molar-refractivity contribution in [3.05, 3.63) is 72.1 Å². The number of rotatable bonds is 3. The SMILES string of the molecule is C=C(C)c1cc(F)ccc1NC(=O)c1ccccc1. The molecule has 2 nitrogen and oxygen atoms in total. The number of benzene rings is 2. The van der Waals surface area contributed by atoms with Gasteiger partial charge in [-0.15, -0.1) is 0 Å². The van der Waals surface area contributed by atoms with E-state index in [4.69, 9.17) is 0 Å². The molecule has 1 N–H and O–H groups in total. The van der Waals surface area contributed by atoms with Gasteiger partial charge in [-0.2, -0.15) is 0 Å². The Morgan fingerprint density at radius 1 is 1.16 bits per heavy atom. The minimum absolute atomic E-state index is 0.227. The lowest BCUT2D eigenvalue weighted by atomic mass is 10.1. The normalized spacial score (nSPS) is 10.0. The molecular formula is C16H14FNO. The van der Waals surface area contributed by atoms with Gasteiger partial charge in [0, 0.05) is 16.8 Å². The number of hydrogen-bond donors (Lipinski definition) is 1. The highest BCUT2D eigenvalue weighted by Gasteiger charge is 2.10. The van der Waals surface area contributed by atoms with Crippen molar-refractivity contribution in [1.82, 2.24) is 0 Å². The first-order valence-corrected chi connectivity index (χ1v) is 5.90. The van der Waals surface area contributed by atoms with Gasteiger partial charge in [0.1, 0.15) is 5.82 Å². The van der Waals surface area contributed by atoms with Crippen LogP contribution in [0.4, 0.5) is 10.1 Å². The second-order valence-electron chi connectivity index (χ2n) is 4.29. The van der Waals surface area contributed by atoms with Gasteiger partial charge in [0.15, 0.2) is 0 Å². The van der Waals surface area contributed by atoms with Gasteiger partial charge >= 0.3 is 0 Å². The van der Waals surface area contributed by atoms with Gasteiger partial charge < -0.3 is 5.32 Å². The number of halogens is 1. The van der Waals surface area contributed by atoms with E-state index in [2.05, 4.69) is 11.9 Å². The number of nitrogens with one attached hydrogen (secondary N) is 1. The highest BCUT2D eigenvalue weighted by atomic mass is 19.1. The van der Waals surface area contributed by atoms with Crippen LogP contribution in [0, 0.1) is 5.82 Å². The lowest BCUT2D eigenvalue weighted by molar-refractivity contribution is 0.102. The molecule has 2 aromatic carbocycles. The van der Waals surface area contributed by atoms with Crippen LogP contribution < -0.4 is 5.32 Å². The summed E-state index contributed by atoms with van der Waals surface area (Å²) in [5.74, 6) is -0.578. The zero-order valence-electron chi connectivity index (χ0n) is 10.6. The lowest BCUT2D eigenvalue weighted by Gasteiger charge is -2.11. The molecule has 0 bridgehead atoms. The first-order chi connectivity index (χ1) is 9.08. The zero-order chi connectivity index (χ0) is 13.8. The van der Waals surface area contributed by atoms with E-state index in [0.29, 0.717) is 22.4 Å². The molecular weight excluding hydrogens is 241 g/mol. The molecule has 2 aromatic rings. The maximum atomic E-state index is 13.2. The fraction of sp³-hybridized carbons (Fsp3) is 0.0625. The smallest absolute Gasteiger partial charge is 0.255 e. The van der Waals surface area contributed by atoms with Crippen molar-refractivity contribution in [3.63, 3.8) is 0 Å². The number of allylic oxidation sites excluding steroid dienone is 1. The van der Waals surface area contributed by atoms with Gasteiger partial charge in [-0.1, -0.05) is 24.8 Å². The van der Waals surface area contributed by atoms with Crippen molar-refractivity contribution in [1.29, 1.82) is 0 Å². The fourth-order valence-electron chi connectivity index (χ4n) is 1.76. The Balaban J connectivity index is 2.29. The molecule has 0 fully saturated rings. The molecule has 0 aliphatic heterocycles. The predicted molar refractivity (Wildman–Crippen MR) is 75.5 cm³/mol. The van der Waals surface area contributed by atoms with Crippen LogP contribution in [0.5, 0.6) is 0 Å². The van der Waals surface area contributed by atoms with Crippen LogP contribution in [-0.2, 0) is 0 Å². The van der Waals surface area contributed by atoms with Crippen molar-refractivity contribution >= 4 is 17.2 Å². The molecule has 3 heteroatoms. The van der Waals surface area contributed by atoms with E-state index in [-0.39, 0.29) is 11.7 Å². The molecule has 0 aromatic heterocycles. The quantitative estimate of drug-likeness (QED) is 0.878. The van der Waals surface area contributed by atoms with Gasteiger partial charge in [-0.25, -0.2) is 4.39 Å². The third-order valence-corrected chi connectivity index (χ3v) is 2.73. The molecule has 0 aliphatic rings. The topological polar surface area (TPSA) is 29.1 Å². The Morgan fingerprint density at radius 2 is 1.84 bits per heavy atom. The van der Waals surface area contributed by atoms with Crippen molar-refractivity contribution in [2.45, 2.75) is 6.92 Å². The molecule has 0 saturated carbocycles. The summed E-state index contributed by atoms with van der Waals surface area (Å²) in [6.45, 7) is 5.56. The molecule has 0 atom stereocenters. The monoisotopic (exact) mass is 255 g/mol. The van der Waals surface area contributed by atoms with Crippen molar-refractivity contribution in [3.8, 4) is 0 Å². The molecule has 0 saturated heterocycles. The van der Waals surface area contributed by atoms with E-state index in [1.165, 1.54) is 12.1 Å². The molecule has 96 valence electrons. The Morgan fingerprint density at radius 3 is 2.47 bits per heavy atom. The summed E-state index contributed by atoms with van der Waals surface area (Å²) in [6, 6.07) is 13.1. The Labute approximate surface area is 111 Å². The van der Waals surface area contributed by atoms with Crippen LogP contribution in [0.1, 0.15) is 22.8 Å². The van der Waals surface area contributed by atoms with E-state index in [1.807, 2.05) is 6.07 Å². The maximum Gasteiger partial charge on any atom is 0.255 e.